The highest BCUT2D eigenvalue weighted by Gasteiger charge is 2.24. The third kappa shape index (κ3) is 2.27. The normalized spacial score (nSPS) is 20.1. The van der Waals surface area contributed by atoms with Crippen LogP contribution in [0, 0.1) is 0 Å². The highest BCUT2D eigenvalue weighted by Crippen LogP contribution is 2.28. The van der Waals surface area contributed by atoms with Gasteiger partial charge < -0.3 is 15.7 Å². The second-order valence-electron chi connectivity index (χ2n) is 3.39. The summed E-state index contributed by atoms with van der Waals surface area (Å²) in [5, 5.41) is 16.7. The van der Waals surface area contributed by atoms with Gasteiger partial charge in [0.2, 0.25) is 5.16 Å². The number of nitrogens with two attached hydrogens (primary N) is 1. The number of carboxylic acid groups (broad SMARTS) is 1. The average molecular weight is 244 g/mol. The smallest absolute Gasteiger partial charge is 0.313 e. The number of aromatic nitrogens is 3. The zero-order valence-corrected chi connectivity index (χ0v) is 9.31. The first-order valence-corrected chi connectivity index (χ1v) is 5.83. The fourth-order valence-electron chi connectivity index (χ4n) is 1.51. The van der Waals surface area contributed by atoms with E-state index in [1.165, 1.54) is 4.68 Å². The standard InChI is InChI=1S/C8H12N4O3S/c9-12-7(5-2-1-3-15-5)10-11-8(12)16-4-6(13)14/h5H,1-4,9H2,(H,13,14). The molecule has 1 aromatic rings. The summed E-state index contributed by atoms with van der Waals surface area (Å²) in [6.07, 6.45) is 1.74. The number of thioether (sulfide) groups is 1. The van der Waals surface area contributed by atoms with E-state index in [9.17, 15) is 4.79 Å². The molecule has 1 aromatic heterocycles. The summed E-state index contributed by atoms with van der Waals surface area (Å²) in [6.45, 7) is 0.704. The maximum Gasteiger partial charge on any atom is 0.313 e. The Hall–Kier alpha value is -1.28. The Labute approximate surface area is 95.9 Å². The topological polar surface area (TPSA) is 103 Å². The average Bonchev–Trinajstić information content (AvgIpc) is 2.84. The minimum atomic E-state index is -0.910. The van der Waals surface area contributed by atoms with Crippen LogP contribution in [-0.4, -0.2) is 38.3 Å². The Morgan fingerprint density at radius 1 is 1.69 bits per heavy atom. The van der Waals surface area contributed by atoms with Crippen molar-refractivity contribution in [2.75, 3.05) is 18.2 Å². The summed E-state index contributed by atoms with van der Waals surface area (Å²) in [7, 11) is 0. The predicted molar refractivity (Wildman–Crippen MR) is 56.5 cm³/mol. The molecule has 0 aliphatic carbocycles. The highest BCUT2D eigenvalue weighted by molar-refractivity contribution is 7.99. The molecular formula is C8H12N4O3S. The predicted octanol–water partition coefficient (Wildman–Crippen LogP) is 0.0201. The molecule has 0 saturated carbocycles. The first kappa shape index (κ1) is 11.2. The molecule has 1 atom stereocenters. The molecule has 0 amide bonds. The Kier molecular flexibility index (Phi) is 3.30. The van der Waals surface area contributed by atoms with Crippen LogP contribution in [-0.2, 0) is 9.53 Å². The molecule has 3 N–H and O–H groups in total. The van der Waals surface area contributed by atoms with Crippen molar-refractivity contribution < 1.29 is 14.6 Å². The van der Waals surface area contributed by atoms with Crippen LogP contribution >= 0.6 is 11.8 Å². The molecule has 1 aliphatic rings. The second kappa shape index (κ2) is 4.71. The lowest BCUT2D eigenvalue weighted by molar-refractivity contribution is -0.133. The molecule has 0 spiro atoms. The molecule has 1 fully saturated rings. The molecule has 2 rings (SSSR count). The van der Waals surface area contributed by atoms with E-state index in [0.29, 0.717) is 17.6 Å². The van der Waals surface area contributed by atoms with Crippen molar-refractivity contribution in [3.63, 3.8) is 0 Å². The fraction of sp³-hybridized carbons (Fsp3) is 0.625. The second-order valence-corrected chi connectivity index (χ2v) is 4.34. The largest absolute Gasteiger partial charge is 0.481 e. The lowest BCUT2D eigenvalue weighted by atomic mass is 10.2. The third-order valence-electron chi connectivity index (χ3n) is 2.23. The van der Waals surface area contributed by atoms with Gasteiger partial charge >= 0.3 is 5.97 Å². The summed E-state index contributed by atoms with van der Waals surface area (Å²) in [4.78, 5) is 10.4. The van der Waals surface area contributed by atoms with Crippen LogP contribution in [0.3, 0.4) is 0 Å². The molecule has 1 aliphatic heterocycles. The van der Waals surface area contributed by atoms with Gasteiger partial charge in [-0.3, -0.25) is 4.79 Å². The van der Waals surface area contributed by atoms with Gasteiger partial charge in [0, 0.05) is 6.61 Å². The van der Waals surface area contributed by atoms with E-state index in [0.717, 1.165) is 24.6 Å². The summed E-state index contributed by atoms with van der Waals surface area (Å²) in [5.74, 6) is 5.33. The summed E-state index contributed by atoms with van der Waals surface area (Å²) in [5.41, 5.74) is 0. The van der Waals surface area contributed by atoms with E-state index in [-0.39, 0.29) is 11.9 Å². The van der Waals surface area contributed by atoms with E-state index in [1.807, 2.05) is 0 Å². The quantitative estimate of drug-likeness (QED) is 0.568. The van der Waals surface area contributed by atoms with Crippen molar-refractivity contribution in [2.45, 2.75) is 24.1 Å². The van der Waals surface area contributed by atoms with Gasteiger partial charge in [0.1, 0.15) is 6.10 Å². The molecule has 0 bridgehead atoms. The van der Waals surface area contributed by atoms with Crippen molar-refractivity contribution in [3.05, 3.63) is 5.82 Å². The van der Waals surface area contributed by atoms with E-state index >= 15 is 0 Å². The minimum Gasteiger partial charge on any atom is -0.481 e. The van der Waals surface area contributed by atoms with Crippen molar-refractivity contribution >= 4 is 17.7 Å². The number of hydrogen-bond acceptors (Lipinski definition) is 6. The third-order valence-corrected chi connectivity index (χ3v) is 3.16. The van der Waals surface area contributed by atoms with Crippen LogP contribution in [0.2, 0.25) is 0 Å². The number of aliphatic carboxylic acids is 1. The minimum absolute atomic E-state index is 0.0825. The molecule has 2 heterocycles. The van der Waals surface area contributed by atoms with E-state index in [2.05, 4.69) is 10.2 Å². The number of rotatable bonds is 4. The number of carboxylic acids is 1. The lowest BCUT2D eigenvalue weighted by Gasteiger charge is -2.08. The first-order valence-electron chi connectivity index (χ1n) is 4.85. The van der Waals surface area contributed by atoms with E-state index in [4.69, 9.17) is 15.7 Å². The highest BCUT2D eigenvalue weighted by atomic mass is 32.2. The number of nitrogen functional groups attached to an aromatic ring is 1. The van der Waals surface area contributed by atoms with E-state index < -0.39 is 5.97 Å². The van der Waals surface area contributed by atoms with E-state index in [1.54, 1.807) is 0 Å². The van der Waals surface area contributed by atoms with Crippen LogP contribution in [0.15, 0.2) is 5.16 Å². The molecule has 88 valence electrons. The zero-order valence-electron chi connectivity index (χ0n) is 8.50. The SMILES string of the molecule is Nn1c(SCC(=O)O)nnc1C1CCCO1. The Morgan fingerprint density at radius 3 is 3.12 bits per heavy atom. The van der Waals surface area contributed by atoms with Crippen LogP contribution < -0.4 is 5.84 Å². The lowest BCUT2D eigenvalue weighted by Crippen LogP contribution is -2.17. The Morgan fingerprint density at radius 2 is 2.50 bits per heavy atom. The van der Waals surface area contributed by atoms with Crippen molar-refractivity contribution in [3.8, 4) is 0 Å². The molecule has 7 nitrogen and oxygen atoms in total. The molecule has 1 unspecified atom stereocenters. The summed E-state index contributed by atoms with van der Waals surface area (Å²) in [6, 6.07) is 0. The number of ether oxygens (including phenoxy) is 1. The summed E-state index contributed by atoms with van der Waals surface area (Å²) >= 11 is 1.04. The molecule has 1 saturated heterocycles. The number of carbonyl (C=O) groups is 1. The van der Waals surface area contributed by atoms with Gasteiger partial charge in [-0.1, -0.05) is 11.8 Å². The van der Waals surface area contributed by atoms with Crippen LogP contribution in [0.1, 0.15) is 24.8 Å². The van der Waals surface area contributed by atoms with Crippen molar-refractivity contribution in [2.24, 2.45) is 0 Å². The van der Waals surface area contributed by atoms with Crippen LogP contribution in [0.25, 0.3) is 0 Å². The van der Waals surface area contributed by atoms with Crippen LogP contribution in [0.4, 0.5) is 0 Å². The summed E-state index contributed by atoms with van der Waals surface area (Å²) < 4.78 is 6.74. The zero-order chi connectivity index (χ0) is 11.5. The Bertz CT molecular complexity index is 389. The van der Waals surface area contributed by atoms with Crippen LogP contribution in [0.5, 0.6) is 0 Å². The monoisotopic (exact) mass is 244 g/mol. The van der Waals surface area contributed by atoms with Gasteiger partial charge in [-0.2, -0.15) is 0 Å². The first-order chi connectivity index (χ1) is 7.68. The molecule has 0 aromatic carbocycles. The van der Waals surface area contributed by atoms with Gasteiger partial charge in [0.15, 0.2) is 5.82 Å². The van der Waals surface area contributed by atoms with Crippen molar-refractivity contribution in [1.29, 1.82) is 0 Å². The van der Waals surface area contributed by atoms with Gasteiger partial charge in [-0.25, -0.2) is 4.68 Å². The van der Waals surface area contributed by atoms with Gasteiger partial charge in [0.25, 0.3) is 0 Å². The van der Waals surface area contributed by atoms with Crippen molar-refractivity contribution in [1.82, 2.24) is 14.9 Å². The molecular weight excluding hydrogens is 232 g/mol. The molecule has 16 heavy (non-hydrogen) atoms. The number of hydrogen-bond donors (Lipinski definition) is 2. The fourth-order valence-corrected chi connectivity index (χ4v) is 2.10. The maximum absolute atomic E-state index is 10.4. The maximum atomic E-state index is 10.4. The van der Waals surface area contributed by atoms with Gasteiger partial charge in [-0.05, 0) is 12.8 Å². The number of nitrogens with zero attached hydrogens (tertiary/aromatic N) is 3. The Balaban J connectivity index is 2.07. The van der Waals surface area contributed by atoms with Gasteiger partial charge in [0.05, 0.1) is 5.75 Å². The van der Waals surface area contributed by atoms with Gasteiger partial charge in [-0.15, -0.1) is 10.2 Å². The molecule has 0 radical (unpaired) electrons. The molecule has 8 heteroatoms.